The number of carbonyl (C=O) groups is 2. The molecule has 0 aromatic heterocycles. The van der Waals surface area contributed by atoms with Crippen LogP contribution in [-0.2, 0) is 9.59 Å². The minimum atomic E-state index is -0.342. The number of anilines is 2. The monoisotopic (exact) mass is 397 g/mol. The van der Waals surface area contributed by atoms with Crippen molar-refractivity contribution in [2.24, 2.45) is 0 Å². The number of aryl methyl sites for hydroxylation is 1. The highest BCUT2D eigenvalue weighted by atomic mass is 16.5. The number of rotatable bonds is 6. The maximum atomic E-state index is 12.6. The quantitative estimate of drug-likeness (QED) is 0.759. The van der Waals surface area contributed by atoms with E-state index in [4.69, 9.17) is 9.47 Å². The Labute approximate surface area is 171 Å². The summed E-state index contributed by atoms with van der Waals surface area (Å²) < 4.78 is 10.7. The molecule has 0 unspecified atom stereocenters. The Morgan fingerprint density at radius 1 is 0.966 bits per heavy atom. The van der Waals surface area contributed by atoms with Gasteiger partial charge >= 0.3 is 0 Å². The number of carbonyl (C=O) groups excluding carboxylic acids is 2. The number of nitrogens with one attached hydrogen (secondary N) is 1. The second-order valence-electron chi connectivity index (χ2n) is 6.97. The van der Waals surface area contributed by atoms with Crippen LogP contribution in [-0.4, -0.2) is 57.1 Å². The summed E-state index contributed by atoms with van der Waals surface area (Å²) in [5, 5.41) is 2.78. The molecule has 29 heavy (non-hydrogen) atoms. The topological polar surface area (TPSA) is 71.1 Å². The van der Waals surface area contributed by atoms with Crippen LogP contribution in [0.1, 0.15) is 12.0 Å². The van der Waals surface area contributed by atoms with E-state index in [-0.39, 0.29) is 18.2 Å². The van der Waals surface area contributed by atoms with E-state index in [1.807, 2.05) is 43.3 Å². The number of methoxy groups -OCH3 is 2. The van der Waals surface area contributed by atoms with Crippen LogP contribution < -0.4 is 19.7 Å². The molecule has 1 fully saturated rings. The van der Waals surface area contributed by atoms with Gasteiger partial charge in [-0.05, 0) is 36.8 Å². The third-order valence-corrected chi connectivity index (χ3v) is 5.00. The lowest BCUT2D eigenvalue weighted by molar-refractivity contribution is -0.134. The zero-order valence-corrected chi connectivity index (χ0v) is 17.1. The number of piperazine rings is 1. The van der Waals surface area contributed by atoms with Crippen LogP contribution >= 0.6 is 0 Å². The Hall–Kier alpha value is -3.22. The van der Waals surface area contributed by atoms with Crippen molar-refractivity contribution in [2.75, 3.05) is 50.6 Å². The second-order valence-corrected chi connectivity index (χ2v) is 6.97. The Morgan fingerprint density at radius 3 is 2.34 bits per heavy atom. The number of nitrogens with zero attached hydrogens (tertiary/aromatic N) is 2. The lowest BCUT2D eigenvalue weighted by Gasteiger charge is -2.36. The van der Waals surface area contributed by atoms with Crippen molar-refractivity contribution in [1.82, 2.24) is 4.90 Å². The summed E-state index contributed by atoms with van der Waals surface area (Å²) in [6.45, 7) is 4.45. The van der Waals surface area contributed by atoms with Crippen molar-refractivity contribution in [2.45, 2.75) is 13.3 Å². The predicted octanol–water partition coefficient (Wildman–Crippen LogP) is 2.69. The summed E-state index contributed by atoms with van der Waals surface area (Å²) in [6.07, 6.45) is -0.189. The van der Waals surface area contributed by atoms with Crippen LogP contribution in [0.25, 0.3) is 0 Å². The normalized spacial score (nSPS) is 13.8. The Morgan fingerprint density at radius 2 is 1.66 bits per heavy atom. The largest absolute Gasteiger partial charge is 0.495 e. The van der Waals surface area contributed by atoms with Crippen LogP contribution in [0.15, 0.2) is 42.5 Å². The van der Waals surface area contributed by atoms with Gasteiger partial charge in [0.25, 0.3) is 0 Å². The summed E-state index contributed by atoms with van der Waals surface area (Å²) >= 11 is 0. The standard InChI is InChI=1S/C22H27N3O4/c1-16-8-9-19(28-2)17(14-16)23-21(26)15-22(27)25-12-10-24(11-13-25)18-6-4-5-7-20(18)29-3/h4-9,14H,10-13,15H2,1-3H3,(H,23,26). The highest BCUT2D eigenvalue weighted by Crippen LogP contribution is 2.28. The molecule has 1 aliphatic rings. The number of amides is 2. The third-order valence-electron chi connectivity index (χ3n) is 5.00. The first-order chi connectivity index (χ1) is 14.0. The van der Waals surface area contributed by atoms with Gasteiger partial charge in [-0.2, -0.15) is 0 Å². The van der Waals surface area contributed by atoms with Crippen molar-refractivity contribution in [3.8, 4) is 11.5 Å². The summed E-state index contributed by atoms with van der Waals surface area (Å²) in [4.78, 5) is 28.9. The van der Waals surface area contributed by atoms with E-state index in [1.165, 1.54) is 0 Å². The van der Waals surface area contributed by atoms with Gasteiger partial charge in [0.15, 0.2) is 0 Å². The molecule has 1 aliphatic heterocycles. The molecule has 2 aromatic rings. The van der Waals surface area contributed by atoms with Crippen LogP contribution in [0, 0.1) is 6.92 Å². The van der Waals surface area contributed by atoms with E-state index in [9.17, 15) is 9.59 Å². The Balaban J connectivity index is 1.55. The zero-order chi connectivity index (χ0) is 20.8. The first-order valence-corrected chi connectivity index (χ1v) is 9.62. The lowest BCUT2D eigenvalue weighted by atomic mass is 10.2. The van der Waals surface area contributed by atoms with Crippen molar-refractivity contribution >= 4 is 23.2 Å². The minimum Gasteiger partial charge on any atom is -0.495 e. The average Bonchev–Trinajstić information content (AvgIpc) is 2.74. The minimum absolute atomic E-state index is 0.172. The first-order valence-electron chi connectivity index (χ1n) is 9.62. The molecule has 1 saturated heterocycles. The predicted molar refractivity (Wildman–Crippen MR) is 113 cm³/mol. The summed E-state index contributed by atoms with van der Waals surface area (Å²) in [6, 6.07) is 13.4. The van der Waals surface area contributed by atoms with Crippen molar-refractivity contribution < 1.29 is 19.1 Å². The van der Waals surface area contributed by atoms with Gasteiger partial charge in [-0.15, -0.1) is 0 Å². The van der Waals surface area contributed by atoms with Gasteiger partial charge in [0, 0.05) is 26.2 Å². The van der Waals surface area contributed by atoms with Gasteiger partial charge in [-0.25, -0.2) is 0 Å². The van der Waals surface area contributed by atoms with Gasteiger partial charge in [0.1, 0.15) is 17.9 Å². The average molecular weight is 397 g/mol. The number of benzene rings is 2. The molecule has 3 rings (SSSR count). The lowest BCUT2D eigenvalue weighted by Crippen LogP contribution is -2.49. The molecule has 0 atom stereocenters. The Kier molecular flexibility index (Phi) is 6.59. The smallest absolute Gasteiger partial charge is 0.233 e. The zero-order valence-electron chi connectivity index (χ0n) is 17.1. The molecule has 2 aromatic carbocycles. The van der Waals surface area contributed by atoms with Gasteiger partial charge in [0.05, 0.1) is 25.6 Å². The molecule has 7 heteroatoms. The van der Waals surface area contributed by atoms with Crippen LogP contribution in [0.2, 0.25) is 0 Å². The van der Waals surface area contributed by atoms with E-state index in [1.54, 1.807) is 25.2 Å². The van der Waals surface area contributed by atoms with Gasteiger partial charge in [-0.1, -0.05) is 18.2 Å². The number of para-hydroxylation sites is 2. The molecule has 7 nitrogen and oxygen atoms in total. The maximum Gasteiger partial charge on any atom is 0.233 e. The molecule has 154 valence electrons. The SMILES string of the molecule is COc1ccc(C)cc1NC(=O)CC(=O)N1CCN(c2ccccc2OC)CC1. The van der Waals surface area contributed by atoms with E-state index >= 15 is 0 Å². The molecule has 0 saturated carbocycles. The van der Waals surface area contributed by atoms with E-state index in [0.29, 0.717) is 37.6 Å². The molecule has 2 amide bonds. The van der Waals surface area contributed by atoms with Crippen molar-refractivity contribution in [1.29, 1.82) is 0 Å². The molecule has 1 N–H and O–H groups in total. The molecule has 1 heterocycles. The highest BCUT2D eigenvalue weighted by Gasteiger charge is 2.24. The number of ether oxygens (including phenoxy) is 2. The van der Waals surface area contributed by atoms with Crippen molar-refractivity contribution in [3.05, 3.63) is 48.0 Å². The van der Waals surface area contributed by atoms with E-state index in [2.05, 4.69) is 10.2 Å². The van der Waals surface area contributed by atoms with Gasteiger partial charge in [-0.3, -0.25) is 9.59 Å². The van der Waals surface area contributed by atoms with E-state index in [0.717, 1.165) is 17.0 Å². The third kappa shape index (κ3) is 4.99. The Bertz CT molecular complexity index is 876. The van der Waals surface area contributed by atoms with Crippen LogP contribution in [0.4, 0.5) is 11.4 Å². The molecule has 0 aliphatic carbocycles. The van der Waals surface area contributed by atoms with Crippen LogP contribution in [0.5, 0.6) is 11.5 Å². The fraction of sp³-hybridized carbons (Fsp3) is 0.364. The van der Waals surface area contributed by atoms with E-state index < -0.39 is 0 Å². The first kappa shape index (κ1) is 20.5. The van der Waals surface area contributed by atoms with Gasteiger partial charge in [0.2, 0.25) is 11.8 Å². The molecule has 0 radical (unpaired) electrons. The van der Waals surface area contributed by atoms with Gasteiger partial charge < -0.3 is 24.6 Å². The molecular weight excluding hydrogens is 370 g/mol. The highest BCUT2D eigenvalue weighted by molar-refractivity contribution is 6.04. The fourth-order valence-electron chi connectivity index (χ4n) is 3.45. The number of hydrogen-bond donors (Lipinski definition) is 1. The number of hydrogen-bond acceptors (Lipinski definition) is 5. The molecular formula is C22H27N3O4. The second kappa shape index (κ2) is 9.32. The van der Waals surface area contributed by atoms with Crippen LogP contribution in [0.3, 0.4) is 0 Å². The summed E-state index contributed by atoms with van der Waals surface area (Å²) in [5.41, 5.74) is 2.59. The molecule has 0 bridgehead atoms. The summed E-state index contributed by atoms with van der Waals surface area (Å²) in [7, 11) is 3.20. The maximum absolute atomic E-state index is 12.6. The summed E-state index contributed by atoms with van der Waals surface area (Å²) in [5.74, 6) is 0.875. The fourth-order valence-corrected chi connectivity index (χ4v) is 3.45. The van der Waals surface area contributed by atoms with Crippen molar-refractivity contribution in [3.63, 3.8) is 0 Å². The molecule has 0 spiro atoms.